The molecule has 0 atom stereocenters. The van der Waals surface area contributed by atoms with Gasteiger partial charge in [-0.2, -0.15) is 8.78 Å². The minimum absolute atomic E-state index is 0.534. The molecule has 0 heterocycles. The smallest absolute Gasteiger partial charge is 0.288 e. The van der Waals surface area contributed by atoms with Crippen molar-refractivity contribution in [3.8, 4) is 16.9 Å². The minimum Gasteiger partial charge on any atom is -0.495 e. The van der Waals surface area contributed by atoms with Crippen LogP contribution in [0.1, 0.15) is 0 Å². The second-order valence-electron chi connectivity index (χ2n) is 3.86. The van der Waals surface area contributed by atoms with Gasteiger partial charge in [0.05, 0.1) is 12.8 Å². The van der Waals surface area contributed by atoms with Gasteiger partial charge >= 0.3 is 0 Å². The van der Waals surface area contributed by atoms with Crippen LogP contribution < -0.4 is 10.5 Å². The number of hydrogen-bond acceptors (Lipinski definition) is 3. The van der Waals surface area contributed by atoms with E-state index in [0.717, 1.165) is 11.1 Å². The van der Waals surface area contributed by atoms with E-state index in [9.17, 15) is 8.78 Å². The number of anilines is 1. The van der Waals surface area contributed by atoms with Crippen molar-refractivity contribution in [3.05, 3.63) is 42.5 Å². The molecule has 100 valence electrons. The molecule has 2 rings (SSSR count). The monoisotopic (exact) mass is 281 g/mol. The number of rotatable bonds is 4. The molecule has 2 nitrogen and oxygen atoms in total. The Morgan fingerprint density at radius 2 is 1.68 bits per heavy atom. The zero-order valence-electron chi connectivity index (χ0n) is 10.3. The van der Waals surface area contributed by atoms with Crippen molar-refractivity contribution in [2.45, 2.75) is 10.7 Å². The summed E-state index contributed by atoms with van der Waals surface area (Å²) in [4.78, 5) is 0.542. The molecule has 0 saturated carbocycles. The van der Waals surface area contributed by atoms with E-state index in [4.69, 9.17) is 10.5 Å². The molecule has 0 aromatic heterocycles. The highest BCUT2D eigenvalue weighted by atomic mass is 32.2. The summed E-state index contributed by atoms with van der Waals surface area (Å²) < 4.78 is 29.5. The average molecular weight is 281 g/mol. The first-order valence-electron chi connectivity index (χ1n) is 5.59. The van der Waals surface area contributed by atoms with E-state index < -0.39 is 5.76 Å². The molecule has 19 heavy (non-hydrogen) atoms. The predicted octanol–water partition coefficient (Wildman–Crippen LogP) is 4.26. The third kappa shape index (κ3) is 3.38. The summed E-state index contributed by atoms with van der Waals surface area (Å²) in [6.07, 6.45) is 0. The number of benzene rings is 2. The predicted molar refractivity (Wildman–Crippen MR) is 74.7 cm³/mol. The highest BCUT2D eigenvalue weighted by molar-refractivity contribution is 7.99. The van der Waals surface area contributed by atoms with Crippen LogP contribution in [0.25, 0.3) is 11.1 Å². The van der Waals surface area contributed by atoms with E-state index in [1.807, 2.05) is 6.07 Å². The van der Waals surface area contributed by atoms with Crippen molar-refractivity contribution >= 4 is 17.4 Å². The van der Waals surface area contributed by atoms with Gasteiger partial charge in [-0.25, -0.2) is 0 Å². The van der Waals surface area contributed by atoms with Crippen LogP contribution in [-0.4, -0.2) is 12.9 Å². The van der Waals surface area contributed by atoms with Gasteiger partial charge in [-0.3, -0.25) is 0 Å². The third-order valence-corrected chi connectivity index (χ3v) is 3.37. The molecule has 0 aliphatic rings. The summed E-state index contributed by atoms with van der Waals surface area (Å²) in [5.74, 6) is -1.78. The van der Waals surface area contributed by atoms with Crippen LogP contribution in [0, 0.1) is 0 Å². The molecule has 2 N–H and O–H groups in total. The maximum atomic E-state index is 12.2. The standard InChI is InChI=1S/C14H13F2NOS/c1-18-13-7-4-10(8-12(13)17)9-2-5-11(6-3-9)19-14(15)16/h2-8,14H,17H2,1H3. The topological polar surface area (TPSA) is 35.2 Å². The second-order valence-corrected chi connectivity index (χ2v) is 4.92. The van der Waals surface area contributed by atoms with Crippen molar-refractivity contribution in [1.29, 1.82) is 0 Å². The number of ether oxygens (including phenoxy) is 1. The maximum Gasteiger partial charge on any atom is 0.288 e. The summed E-state index contributed by atoms with van der Waals surface area (Å²) in [5.41, 5.74) is 8.23. The number of thioether (sulfide) groups is 1. The first-order valence-corrected chi connectivity index (χ1v) is 6.47. The molecule has 0 fully saturated rings. The summed E-state index contributed by atoms with van der Waals surface area (Å²) in [6.45, 7) is 0. The van der Waals surface area contributed by atoms with Crippen LogP contribution in [0.2, 0.25) is 0 Å². The van der Waals surface area contributed by atoms with Crippen LogP contribution >= 0.6 is 11.8 Å². The van der Waals surface area contributed by atoms with Gasteiger partial charge in [0.1, 0.15) is 5.75 Å². The van der Waals surface area contributed by atoms with E-state index in [1.54, 1.807) is 43.5 Å². The van der Waals surface area contributed by atoms with Crippen LogP contribution in [0.3, 0.4) is 0 Å². The summed E-state index contributed by atoms with van der Waals surface area (Å²) in [5, 5.41) is 0. The van der Waals surface area contributed by atoms with E-state index in [0.29, 0.717) is 28.1 Å². The molecule has 0 radical (unpaired) electrons. The SMILES string of the molecule is COc1ccc(-c2ccc(SC(F)F)cc2)cc1N. The molecule has 2 aromatic rings. The van der Waals surface area contributed by atoms with E-state index in [-0.39, 0.29) is 0 Å². The average Bonchev–Trinajstić information content (AvgIpc) is 2.39. The van der Waals surface area contributed by atoms with Gasteiger partial charge in [-0.1, -0.05) is 30.0 Å². The zero-order valence-corrected chi connectivity index (χ0v) is 11.1. The first-order chi connectivity index (χ1) is 9.10. The largest absolute Gasteiger partial charge is 0.495 e. The van der Waals surface area contributed by atoms with E-state index >= 15 is 0 Å². The van der Waals surface area contributed by atoms with Gasteiger partial charge in [0.2, 0.25) is 0 Å². The molecule has 2 aromatic carbocycles. The molecule has 0 aliphatic heterocycles. The Kier molecular flexibility index (Phi) is 4.27. The lowest BCUT2D eigenvalue weighted by Crippen LogP contribution is -1.92. The summed E-state index contributed by atoms with van der Waals surface area (Å²) in [7, 11) is 1.56. The molecule has 0 bridgehead atoms. The van der Waals surface area contributed by atoms with Gasteiger partial charge in [0.25, 0.3) is 5.76 Å². The maximum absolute atomic E-state index is 12.2. The first kappa shape index (κ1) is 13.7. The van der Waals surface area contributed by atoms with Gasteiger partial charge in [-0.15, -0.1) is 0 Å². The summed E-state index contributed by atoms with van der Waals surface area (Å²) >= 11 is 0.534. The lowest BCUT2D eigenvalue weighted by atomic mass is 10.1. The van der Waals surface area contributed by atoms with E-state index in [2.05, 4.69) is 0 Å². The Morgan fingerprint density at radius 1 is 1.05 bits per heavy atom. The normalized spacial score (nSPS) is 10.7. The molecule has 0 saturated heterocycles. The number of halogens is 2. The molecular weight excluding hydrogens is 268 g/mol. The Morgan fingerprint density at radius 3 is 2.21 bits per heavy atom. The Hall–Kier alpha value is -1.75. The third-order valence-electron chi connectivity index (χ3n) is 2.64. The molecule has 0 unspecified atom stereocenters. The van der Waals surface area contributed by atoms with Crippen LogP contribution in [0.4, 0.5) is 14.5 Å². The lowest BCUT2D eigenvalue weighted by molar-refractivity contribution is 0.252. The number of alkyl halides is 2. The van der Waals surface area contributed by atoms with Crippen LogP contribution in [-0.2, 0) is 0 Å². The Labute approximate surface area is 114 Å². The van der Waals surface area contributed by atoms with Crippen molar-refractivity contribution in [2.75, 3.05) is 12.8 Å². The number of nitrogens with two attached hydrogens (primary N) is 1. The fraction of sp³-hybridized carbons (Fsp3) is 0.143. The fourth-order valence-corrected chi connectivity index (χ4v) is 2.24. The van der Waals surface area contributed by atoms with Crippen molar-refractivity contribution in [3.63, 3.8) is 0 Å². The van der Waals surface area contributed by atoms with Gasteiger partial charge in [0.15, 0.2) is 0 Å². The number of methoxy groups -OCH3 is 1. The summed E-state index contributed by atoms with van der Waals surface area (Å²) in [6, 6.07) is 12.4. The van der Waals surface area contributed by atoms with Crippen molar-refractivity contribution < 1.29 is 13.5 Å². The molecule has 0 amide bonds. The minimum atomic E-state index is -2.40. The second kappa shape index (κ2) is 5.93. The van der Waals surface area contributed by atoms with Crippen molar-refractivity contribution in [1.82, 2.24) is 0 Å². The van der Waals surface area contributed by atoms with Gasteiger partial charge in [-0.05, 0) is 35.4 Å². The Balaban J connectivity index is 2.24. The molecule has 5 heteroatoms. The van der Waals surface area contributed by atoms with Crippen LogP contribution in [0.5, 0.6) is 5.75 Å². The van der Waals surface area contributed by atoms with E-state index in [1.165, 1.54) is 0 Å². The number of nitrogen functional groups attached to an aromatic ring is 1. The number of hydrogen-bond donors (Lipinski definition) is 1. The zero-order chi connectivity index (χ0) is 13.8. The lowest BCUT2D eigenvalue weighted by Gasteiger charge is -2.08. The Bertz CT molecular complexity index is 558. The quantitative estimate of drug-likeness (QED) is 0.672. The van der Waals surface area contributed by atoms with Crippen molar-refractivity contribution in [2.24, 2.45) is 0 Å². The highest BCUT2D eigenvalue weighted by Gasteiger charge is 2.06. The fourth-order valence-electron chi connectivity index (χ4n) is 1.74. The molecular formula is C14H13F2NOS. The van der Waals surface area contributed by atoms with Crippen LogP contribution in [0.15, 0.2) is 47.4 Å². The molecule has 0 aliphatic carbocycles. The van der Waals surface area contributed by atoms with Gasteiger partial charge in [0, 0.05) is 4.90 Å². The highest BCUT2D eigenvalue weighted by Crippen LogP contribution is 2.31. The molecule has 0 spiro atoms. The van der Waals surface area contributed by atoms with Gasteiger partial charge < -0.3 is 10.5 Å².